The molecule has 78 valence electrons. The Morgan fingerprint density at radius 3 is 2.38 bits per heavy atom. The van der Waals surface area contributed by atoms with Gasteiger partial charge in [0.15, 0.2) is 0 Å². The van der Waals surface area contributed by atoms with Crippen LogP contribution in [0.4, 0.5) is 0 Å². The molecule has 3 nitrogen and oxygen atoms in total. The van der Waals surface area contributed by atoms with Crippen LogP contribution in [0.5, 0.6) is 0 Å². The third-order valence-corrected chi connectivity index (χ3v) is 2.21. The van der Waals surface area contributed by atoms with Crippen LogP contribution in [-0.4, -0.2) is 18.0 Å². The average Bonchev–Trinajstić information content (AvgIpc) is 2.03. The fourth-order valence-corrected chi connectivity index (χ4v) is 1.04. The highest BCUT2D eigenvalue weighted by molar-refractivity contribution is 5.83. The molecule has 0 aliphatic carbocycles. The Balaban J connectivity index is 3.46. The van der Waals surface area contributed by atoms with Gasteiger partial charge in [0.2, 0.25) is 5.91 Å². The number of nitrogens with two attached hydrogens (primary N) is 1. The molecule has 0 aliphatic rings. The van der Waals surface area contributed by atoms with Crippen LogP contribution in [0, 0.1) is 0 Å². The van der Waals surface area contributed by atoms with E-state index in [0.29, 0.717) is 0 Å². The van der Waals surface area contributed by atoms with Gasteiger partial charge < -0.3 is 11.1 Å². The molecule has 0 aromatic rings. The van der Waals surface area contributed by atoms with Crippen molar-refractivity contribution in [2.45, 2.75) is 52.0 Å². The number of rotatable bonds is 7. The zero-order valence-electron chi connectivity index (χ0n) is 9.02. The van der Waals surface area contributed by atoms with E-state index in [1.165, 1.54) is 19.3 Å². The van der Waals surface area contributed by atoms with E-state index in [4.69, 9.17) is 5.73 Å². The Morgan fingerprint density at radius 2 is 1.92 bits per heavy atom. The predicted molar refractivity (Wildman–Crippen MR) is 55.4 cm³/mol. The van der Waals surface area contributed by atoms with E-state index in [0.717, 1.165) is 13.0 Å². The Bertz CT molecular complexity index is 155. The van der Waals surface area contributed by atoms with E-state index in [1.807, 2.05) is 13.8 Å². The van der Waals surface area contributed by atoms with Crippen LogP contribution in [0.3, 0.4) is 0 Å². The van der Waals surface area contributed by atoms with E-state index in [1.54, 1.807) is 0 Å². The molecule has 0 heterocycles. The number of hydrogen-bond donors (Lipinski definition) is 2. The van der Waals surface area contributed by atoms with E-state index < -0.39 is 5.54 Å². The van der Waals surface area contributed by atoms with Crippen LogP contribution in [0.2, 0.25) is 0 Å². The molecule has 0 aliphatic heterocycles. The van der Waals surface area contributed by atoms with Crippen molar-refractivity contribution in [3.8, 4) is 0 Å². The summed E-state index contributed by atoms with van der Waals surface area (Å²) < 4.78 is 0. The summed E-state index contributed by atoms with van der Waals surface area (Å²) in [4.78, 5) is 10.9. The molecule has 0 aromatic heterocycles. The summed E-state index contributed by atoms with van der Waals surface area (Å²) in [6, 6.07) is 0. The first-order valence-electron chi connectivity index (χ1n) is 5.05. The van der Waals surface area contributed by atoms with Crippen LogP contribution in [-0.2, 0) is 4.79 Å². The summed E-state index contributed by atoms with van der Waals surface area (Å²) in [6.07, 6.45) is 4.83. The van der Waals surface area contributed by atoms with E-state index >= 15 is 0 Å². The molecule has 0 fully saturated rings. The molecule has 0 radical (unpaired) electrons. The Morgan fingerprint density at radius 1 is 1.31 bits per heavy atom. The second-order valence-corrected chi connectivity index (χ2v) is 3.98. The maximum Gasteiger partial charge on any atom is 0.237 e. The van der Waals surface area contributed by atoms with Gasteiger partial charge in [0.1, 0.15) is 0 Å². The number of carbonyl (C=O) groups excluding carboxylic acids is 1. The van der Waals surface area contributed by atoms with Crippen molar-refractivity contribution in [2.24, 2.45) is 5.73 Å². The minimum atomic E-state index is -0.563. The van der Waals surface area contributed by atoms with Gasteiger partial charge in [-0.3, -0.25) is 4.79 Å². The van der Waals surface area contributed by atoms with Gasteiger partial charge in [0.05, 0.1) is 5.54 Å². The minimum absolute atomic E-state index is 0.289. The number of unbranched alkanes of at least 4 members (excludes halogenated alkanes) is 3. The predicted octanol–water partition coefficient (Wildman–Crippen LogP) is 1.42. The fourth-order valence-electron chi connectivity index (χ4n) is 1.04. The van der Waals surface area contributed by atoms with E-state index in [-0.39, 0.29) is 5.91 Å². The van der Waals surface area contributed by atoms with E-state index in [9.17, 15) is 4.79 Å². The van der Waals surface area contributed by atoms with E-state index in [2.05, 4.69) is 12.2 Å². The number of carbonyl (C=O) groups is 1. The molecular weight excluding hydrogens is 164 g/mol. The SMILES string of the molecule is CCCCCCNC(C)(C)C(N)=O. The lowest BCUT2D eigenvalue weighted by Gasteiger charge is -2.22. The van der Waals surface area contributed by atoms with Crippen molar-refractivity contribution in [1.82, 2.24) is 5.32 Å². The van der Waals surface area contributed by atoms with Gasteiger partial charge >= 0.3 is 0 Å². The van der Waals surface area contributed by atoms with Crippen LogP contribution < -0.4 is 11.1 Å². The standard InChI is InChI=1S/C10H22N2O/c1-4-5-6-7-8-12-10(2,3)9(11)13/h12H,4-8H2,1-3H3,(H2,11,13). The van der Waals surface area contributed by atoms with Gasteiger partial charge in [-0.1, -0.05) is 26.2 Å². The second-order valence-electron chi connectivity index (χ2n) is 3.98. The Hall–Kier alpha value is -0.570. The monoisotopic (exact) mass is 186 g/mol. The molecule has 0 rings (SSSR count). The Labute approximate surface area is 81.1 Å². The molecule has 0 atom stereocenters. The zero-order valence-corrected chi connectivity index (χ0v) is 9.02. The van der Waals surface area contributed by atoms with Crippen molar-refractivity contribution in [3.63, 3.8) is 0 Å². The molecule has 0 bridgehead atoms. The summed E-state index contributed by atoms with van der Waals surface area (Å²) in [7, 11) is 0. The third-order valence-electron chi connectivity index (χ3n) is 2.21. The summed E-state index contributed by atoms with van der Waals surface area (Å²) in [5.41, 5.74) is 4.65. The number of nitrogens with one attached hydrogen (secondary N) is 1. The van der Waals surface area contributed by atoms with Crippen LogP contribution >= 0.6 is 0 Å². The molecular formula is C10H22N2O. The van der Waals surface area contributed by atoms with Gasteiger partial charge in [-0.05, 0) is 26.8 Å². The van der Waals surface area contributed by atoms with Crippen molar-refractivity contribution in [1.29, 1.82) is 0 Å². The first-order chi connectivity index (χ1) is 6.00. The zero-order chi connectivity index (χ0) is 10.3. The molecule has 0 aromatic carbocycles. The molecule has 1 amide bonds. The highest BCUT2D eigenvalue weighted by Gasteiger charge is 2.22. The number of primary amides is 1. The second kappa shape index (κ2) is 5.97. The maximum absolute atomic E-state index is 10.9. The van der Waals surface area contributed by atoms with Crippen molar-refractivity contribution >= 4 is 5.91 Å². The van der Waals surface area contributed by atoms with Crippen molar-refractivity contribution < 1.29 is 4.79 Å². The molecule has 3 heteroatoms. The summed E-state index contributed by atoms with van der Waals surface area (Å²) >= 11 is 0. The van der Waals surface area contributed by atoms with Crippen LogP contribution in [0.15, 0.2) is 0 Å². The summed E-state index contributed by atoms with van der Waals surface area (Å²) in [5.74, 6) is -0.289. The highest BCUT2D eigenvalue weighted by atomic mass is 16.1. The third kappa shape index (κ3) is 5.64. The lowest BCUT2D eigenvalue weighted by Crippen LogP contribution is -2.50. The maximum atomic E-state index is 10.9. The largest absolute Gasteiger partial charge is 0.368 e. The lowest BCUT2D eigenvalue weighted by atomic mass is 10.0. The molecule has 0 saturated heterocycles. The number of hydrogen-bond acceptors (Lipinski definition) is 2. The first-order valence-corrected chi connectivity index (χ1v) is 5.05. The fraction of sp³-hybridized carbons (Fsp3) is 0.900. The average molecular weight is 186 g/mol. The van der Waals surface area contributed by atoms with Gasteiger partial charge in [-0.25, -0.2) is 0 Å². The van der Waals surface area contributed by atoms with Crippen LogP contribution in [0.25, 0.3) is 0 Å². The molecule has 13 heavy (non-hydrogen) atoms. The summed E-state index contributed by atoms with van der Waals surface area (Å²) in [6.45, 7) is 6.68. The molecule has 0 unspecified atom stereocenters. The smallest absolute Gasteiger partial charge is 0.237 e. The molecule has 0 spiro atoms. The summed E-state index contributed by atoms with van der Waals surface area (Å²) in [5, 5.41) is 3.14. The Kier molecular flexibility index (Phi) is 5.71. The lowest BCUT2D eigenvalue weighted by molar-refractivity contribution is -0.123. The normalized spacial score (nSPS) is 11.6. The van der Waals surface area contributed by atoms with Crippen molar-refractivity contribution in [2.75, 3.05) is 6.54 Å². The van der Waals surface area contributed by atoms with Gasteiger partial charge in [0.25, 0.3) is 0 Å². The van der Waals surface area contributed by atoms with Crippen LogP contribution in [0.1, 0.15) is 46.5 Å². The highest BCUT2D eigenvalue weighted by Crippen LogP contribution is 2.02. The van der Waals surface area contributed by atoms with Gasteiger partial charge in [-0.2, -0.15) is 0 Å². The minimum Gasteiger partial charge on any atom is -0.368 e. The van der Waals surface area contributed by atoms with Crippen molar-refractivity contribution in [3.05, 3.63) is 0 Å². The number of amides is 1. The topological polar surface area (TPSA) is 55.1 Å². The molecule has 3 N–H and O–H groups in total. The van der Waals surface area contributed by atoms with Gasteiger partial charge in [0, 0.05) is 0 Å². The quantitative estimate of drug-likeness (QED) is 0.591. The first kappa shape index (κ1) is 12.4. The molecule has 0 saturated carbocycles. The van der Waals surface area contributed by atoms with Gasteiger partial charge in [-0.15, -0.1) is 0 Å².